The molecule has 1 heterocycles. The maximum Gasteiger partial charge on any atom is 0.405 e. The monoisotopic (exact) mass is 452 g/mol. The largest absolute Gasteiger partial charge is 0.465 e. The molecule has 0 aliphatic heterocycles. The number of anilines is 1. The summed E-state index contributed by atoms with van der Waals surface area (Å²) in [5.74, 6) is -0.572. The molecule has 0 aliphatic rings. The van der Waals surface area contributed by atoms with Crippen LogP contribution in [0.5, 0.6) is 0 Å². The zero-order valence-electron chi connectivity index (χ0n) is 15.7. The van der Waals surface area contributed by atoms with Crippen molar-refractivity contribution in [1.29, 1.82) is 5.26 Å². The Morgan fingerprint density at radius 3 is 2.57 bits per heavy atom. The van der Waals surface area contributed by atoms with Crippen molar-refractivity contribution in [2.45, 2.75) is 25.3 Å². The fourth-order valence-electron chi connectivity index (χ4n) is 2.48. The van der Waals surface area contributed by atoms with Crippen LogP contribution in [-0.4, -0.2) is 43.1 Å². The molecule has 160 valence electrons. The molecule has 11 nitrogen and oxygen atoms in total. The highest BCUT2D eigenvalue weighted by atomic mass is 32.2. The number of benzene rings is 1. The fourth-order valence-corrected chi connectivity index (χ4v) is 3.63. The van der Waals surface area contributed by atoms with Crippen molar-refractivity contribution in [2.24, 2.45) is 5.14 Å². The summed E-state index contributed by atoms with van der Waals surface area (Å²) < 4.78 is 23.7. The first-order valence-electron chi connectivity index (χ1n) is 8.71. The Hall–Kier alpha value is -3.05. The Morgan fingerprint density at radius 2 is 1.97 bits per heavy atom. The van der Waals surface area contributed by atoms with Crippen molar-refractivity contribution >= 4 is 38.7 Å². The number of amides is 2. The van der Waals surface area contributed by atoms with E-state index in [2.05, 4.69) is 20.3 Å². The van der Waals surface area contributed by atoms with Gasteiger partial charge in [-0.25, -0.2) is 19.6 Å². The highest BCUT2D eigenvalue weighted by molar-refractivity contribution is 7.87. The Balaban J connectivity index is 1.95. The molecule has 6 N–H and O–H groups in total. The lowest BCUT2D eigenvalue weighted by atomic mass is 10.1. The van der Waals surface area contributed by atoms with E-state index in [1.54, 1.807) is 29.6 Å². The van der Waals surface area contributed by atoms with Crippen molar-refractivity contribution in [3.8, 4) is 17.3 Å². The molecule has 0 bridgehead atoms. The minimum Gasteiger partial charge on any atom is -0.465 e. The predicted octanol–water partition coefficient (Wildman–Crippen LogP) is 1.22. The van der Waals surface area contributed by atoms with Gasteiger partial charge in [0.1, 0.15) is 6.04 Å². The molecule has 0 aliphatic carbocycles. The number of nitrogens with one attached hydrogen (secondary N) is 3. The van der Waals surface area contributed by atoms with Crippen LogP contribution in [0.25, 0.3) is 11.3 Å². The predicted molar refractivity (Wildman–Crippen MR) is 111 cm³/mol. The molecule has 2 aromatic rings. The van der Waals surface area contributed by atoms with Crippen molar-refractivity contribution in [3.05, 3.63) is 35.2 Å². The highest BCUT2D eigenvalue weighted by Crippen LogP contribution is 2.25. The van der Waals surface area contributed by atoms with Gasteiger partial charge in [-0.3, -0.25) is 4.79 Å². The first kappa shape index (κ1) is 23.2. The lowest BCUT2D eigenvalue weighted by Gasteiger charge is -2.15. The first-order valence-corrected chi connectivity index (χ1v) is 11.1. The molecule has 0 saturated carbocycles. The molecular formula is C17H20N6O5S2. The Labute approximate surface area is 177 Å². The molecular weight excluding hydrogens is 432 g/mol. The number of carbonyl (C=O) groups is 2. The fraction of sp³-hybridized carbons (Fsp3) is 0.294. The zero-order valence-corrected chi connectivity index (χ0v) is 17.3. The second-order valence-electron chi connectivity index (χ2n) is 6.15. The number of carboxylic acid groups (broad SMARTS) is 1. The normalized spacial score (nSPS) is 12.0. The molecule has 1 atom stereocenters. The summed E-state index contributed by atoms with van der Waals surface area (Å²) in [6, 6.07) is 7.79. The second kappa shape index (κ2) is 10.6. The van der Waals surface area contributed by atoms with Gasteiger partial charge in [0.25, 0.3) is 10.2 Å². The van der Waals surface area contributed by atoms with E-state index in [-0.39, 0.29) is 13.0 Å². The minimum absolute atomic E-state index is 0.0840. The van der Waals surface area contributed by atoms with Crippen LogP contribution in [0, 0.1) is 11.3 Å². The number of nitrogens with two attached hydrogens (primary N) is 1. The molecule has 1 unspecified atom stereocenters. The Bertz CT molecular complexity index is 1030. The first-order chi connectivity index (χ1) is 14.2. The van der Waals surface area contributed by atoms with Gasteiger partial charge >= 0.3 is 6.09 Å². The quantitative estimate of drug-likeness (QED) is 0.335. The average molecular weight is 453 g/mol. The molecule has 0 saturated heterocycles. The van der Waals surface area contributed by atoms with Crippen LogP contribution >= 0.6 is 11.3 Å². The lowest BCUT2D eigenvalue weighted by Crippen LogP contribution is -2.43. The second-order valence-corrected chi connectivity index (χ2v) is 8.39. The van der Waals surface area contributed by atoms with Gasteiger partial charge < -0.3 is 15.7 Å². The number of hydrogen-bond donors (Lipinski definition) is 5. The van der Waals surface area contributed by atoms with Crippen LogP contribution in [0.2, 0.25) is 0 Å². The van der Waals surface area contributed by atoms with E-state index in [1.165, 1.54) is 11.3 Å². The van der Waals surface area contributed by atoms with E-state index in [4.69, 9.17) is 15.5 Å². The van der Waals surface area contributed by atoms with Gasteiger partial charge in [0.2, 0.25) is 5.91 Å². The number of hydrogen-bond acceptors (Lipinski definition) is 7. The van der Waals surface area contributed by atoms with Crippen molar-refractivity contribution in [2.75, 3.05) is 11.9 Å². The summed E-state index contributed by atoms with van der Waals surface area (Å²) in [5, 5.41) is 29.4. The van der Waals surface area contributed by atoms with Crippen LogP contribution in [0.1, 0.15) is 24.8 Å². The average Bonchev–Trinajstić information content (AvgIpc) is 3.14. The van der Waals surface area contributed by atoms with Gasteiger partial charge in [-0.05, 0) is 31.4 Å². The molecule has 30 heavy (non-hydrogen) atoms. The molecule has 13 heteroatoms. The third-order valence-corrected chi connectivity index (χ3v) is 5.25. The van der Waals surface area contributed by atoms with E-state index >= 15 is 0 Å². The molecule has 0 radical (unpaired) electrons. The molecule has 2 amide bonds. The number of nitriles is 1. The molecule has 2 rings (SSSR count). The number of carbonyl (C=O) groups excluding carboxylic acids is 1. The van der Waals surface area contributed by atoms with Gasteiger partial charge in [-0.1, -0.05) is 12.1 Å². The van der Waals surface area contributed by atoms with E-state index < -0.39 is 28.3 Å². The third-order valence-electron chi connectivity index (χ3n) is 3.88. The van der Waals surface area contributed by atoms with Crippen LogP contribution in [0.4, 0.5) is 9.93 Å². The van der Waals surface area contributed by atoms with E-state index in [1.807, 2.05) is 6.07 Å². The van der Waals surface area contributed by atoms with Crippen molar-refractivity contribution in [3.63, 3.8) is 0 Å². The molecule has 1 aromatic heterocycles. The minimum atomic E-state index is -3.79. The molecule has 1 aromatic carbocycles. The van der Waals surface area contributed by atoms with Gasteiger partial charge in [0.05, 0.1) is 17.3 Å². The standard InChI is InChI=1S/C17H20N6O5S2/c18-9-11-4-6-12(7-5-11)14-10-29-16(21-14)23-15(24)13(22-17(25)26)3-1-2-8-20-30(19,27)28/h4-7,10,13,20,22H,1-3,8H2,(H,25,26)(H2,19,27,28)(H,21,23,24). The van der Waals surface area contributed by atoms with Crippen LogP contribution in [0.15, 0.2) is 29.6 Å². The SMILES string of the molecule is N#Cc1ccc(-c2csc(NC(=O)C(CCCCNS(N)(=O)=O)NC(=O)O)n2)cc1. The zero-order chi connectivity index (χ0) is 22.1. The van der Waals surface area contributed by atoms with Crippen LogP contribution < -0.4 is 20.5 Å². The number of rotatable bonds is 10. The Morgan fingerprint density at radius 1 is 1.27 bits per heavy atom. The Kier molecular flexibility index (Phi) is 8.25. The number of thiazole rings is 1. The molecule has 0 fully saturated rings. The van der Waals surface area contributed by atoms with E-state index in [0.717, 1.165) is 5.56 Å². The third kappa shape index (κ3) is 7.76. The van der Waals surface area contributed by atoms with E-state index in [0.29, 0.717) is 29.2 Å². The maximum absolute atomic E-state index is 12.5. The van der Waals surface area contributed by atoms with Crippen molar-refractivity contribution in [1.82, 2.24) is 15.0 Å². The summed E-state index contributed by atoms with van der Waals surface area (Å²) in [7, 11) is -3.79. The highest BCUT2D eigenvalue weighted by Gasteiger charge is 2.21. The van der Waals surface area contributed by atoms with Gasteiger partial charge in [0.15, 0.2) is 5.13 Å². The summed E-state index contributed by atoms with van der Waals surface area (Å²) in [6.45, 7) is 0.0840. The number of unbranched alkanes of at least 4 members (excludes halogenated alkanes) is 1. The van der Waals surface area contributed by atoms with Crippen LogP contribution in [-0.2, 0) is 15.0 Å². The smallest absolute Gasteiger partial charge is 0.405 e. The lowest BCUT2D eigenvalue weighted by molar-refractivity contribution is -0.118. The van der Waals surface area contributed by atoms with E-state index in [9.17, 15) is 18.0 Å². The summed E-state index contributed by atoms with van der Waals surface area (Å²) in [5.41, 5.74) is 1.90. The van der Waals surface area contributed by atoms with Gasteiger partial charge in [0, 0.05) is 17.5 Å². The summed E-state index contributed by atoms with van der Waals surface area (Å²) in [6.07, 6.45) is -0.426. The molecule has 0 spiro atoms. The number of aromatic nitrogens is 1. The van der Waals surface area contributed by atoms with Gasteiger partial charge in [-0.15, -0.1) is 11.3 Å². The maximum atomic E-state index is 12.5. The summed E-state index contributed by atoms with van der Waals surface area (Å²) >= 11 is 1.18. The summed E-state index contributed by atoms with van der Waals surface area (Å²) in [4.78, 5) is 27.8. The van der Waals surface area contributed by atoms with Crippen LogP contribution in [0.3, 0.4) is 0 Å². The topological polar surface area (TPSA) is 187 Å². The van der Waals surface area contributed by atoms with Gasteiger partial charge in [-0.2, -0.15) is 13.7 Å². The van der Waals surface area contributed by atoms with Crippen molar-refractivity contribution < 1.29 is 23.1 Å². The number of nitrogens with zero attached hydrogens (tertiary/aromatic N) is 2.